The van der Waals surface area contributed by atoms with E-state index in [1.54, 1.807) is 48.5 Å². The van der Waals surface area contributed by atoms with Gasteiger partial charge in [0.05, 0.1) is 36.4 Å². The third-order valence-electron chi connectivity index (χ3n) is 6.17. The average Bonchev–Trinajstić information content (AvgIpc) is 3.44. The number of imidazole rings is 1. The number of benzene rings is 3. The van der Waals surface area contributed by atoms with Gasteiger partial charge in [-0.1, -0.05) is 31.2 Å². The van der Waals surface area contributed by atoms with Gasteiger partial charge in [0.1, 0.15) is 17.3 Å². The number of nitrogens with zero attached hydrogens (tertiary/aromatic N) is 2. The zero-order valence-electron chi connectivity index (χ0n) is 20.5. The van der Waals surface area contributed by atoms with Crippen LogP contribution in [0, 0.1) is 11.6 Å². The maximum atomic E-state index is 13.8. The quantitative estimate of drug-likeness (QED) is 0.196. The van der Waals surface area contributed by atoms with Crippen LogP contribution in [0.2, 0.25) is 0 Å². The lowest BCUT2D eigenvalue weighted by Gasteiger charge is -2.23. The zero-order valence-corrected chi connectivity index (χ0v) is 20.5. The number of aromatic amines is 1. The van der Waals surface area contributed by atoms with Gasteiger partial charge >= 0.3 is 5.91 Å². The van der Waals surface area contributed by atoms with Crippen LogP contribution in [0.5, 0.6) is 11.5 Å². The fourth-order valence-electron chi connectivity index (χ4n) is 4.39. The first-order valence-electron chi connectivity index (χ1n) is 11.8. The molecule has 1 aliphatic heterocycles. The van der Waals surface area contributed by atoms with E-state index in [9.17, 15) is 23.5 Å². The third kappa shape index (κ3) is 4.34. The molecule has 1 amide bonds. The highest BCUT2D eigenvalue weighted by molar-refractivity contribution is 6.51. The maximum absolute atomic E-state index is 13.8. The van der Waals surface area contributed by atoms with Gasteiger partial charge in [-0.05, 0) is 36.2 Å². The van der Waals surface area contributed by atoms with E-state index in [2.05, 4.69) is 9.97 Å². The number of nitrogens with one attached hydrogen (secondary N) is 1. The number of hydrogen-bond donors (Lipinski definition) is 2. The van der Waals surface area contributed by atoms with E-state index < -0.39 is 35.1 Å². The summed E-state index contributed by atoms with van der Waals surface area (Å²) < 4.78 is 38.7. The second-order valence-electron chi connectivity index (χ2n) is 8.67. The van der Waals surface area contributed by atoms with E-state index in [0.29, 0.717) is 23.7 Å². The first-order valence-corrected chi connectivity index (χ1v) is 11.8. The Morgan fingerprint density at radius 2 is 1.79 bits per heavy atom. The van der Waals surface area contributed by atoms with Crippen molar-refractivity contribution in [3.63, 3.8) is 0 Å². The number of ether oxygens (including phenoxy) is 2. The Morgan fingerprint density at radius 1 is 1.05 bits per heavy atom. The number of aromatic nitrogens is 2. The molecule has 1 saturated heterocycles. The minimum absolute atomic E-state index is 0.0611. The number of H-pyrrole nitrogens is 1. The van der Waals surface area contributed by atoms with Crippen LogP contribution in [-0.2, 0) is 9.59 Å². The molecule has 8 nitrogen and oxygen atoms in total. The predicted octanol–water partition coefficient (Wildman–Crippen LogP) is 5.26. The van der Waals surface area contributed by atoms with E-state index in [0.717, 1.165) is 23.5 Å². The summed E-state index contributed by atoms with van der Waals surface area (Å²) in [5, 5.41) is 11.4. The minimum atomic E-state index is -1.12. The molecule has 5 rings (SSSR count). The molecule has 0 bridgehead atoms. The molecule has 1 fully saturated rings. The van der Waals surface area contributed by atoms with Crippen molar-refractivity contribution in [1.82, 2.24) is 9.97 Å². The van der Waals surface area contributed by atoms with Crippen molar-refractivity contribution >= 4 is 34.4 Å². The summed E-state index contributed by atoms with van der Waals surface area (Å²) in [6, 6.07) is 13.9. The molecule has 2 N–H and O–H groups in total. The first-order chi connectivity index (χ1) is 18.3. The average molecular weight is 520 g/mol. The molecule has 0 aliphatic carbocycles. The molecule has 4 aromatic rings. The number of hydrogen-bond acceptors (Lipinski definition) is 6. The number of amides is 1. The SMILES string of the molecule is CCCOc1cccc(/C(O)=C2\C(=O)C(=O)N(c3nc4cc(F)c(F)cc4[nH]3)C2c2cccc(OC)c2)c1. The molecule has 10 heteroatoms. The number of ketones is 1. The van der Waals surface area contributed by atoms with E-state index >= 15 is 0 Å². The van der Waals surface area contributed by atoms with Crippen LogP contribution in [0.15, 0.2) is 66.2 Å². The van der Waals surface area contributed by atoms with E-state index in [-0.39, 0.29) is 28.1 Å². The fourth-order valence-corrected chi connectivity index (χ4v) is 4.39. The van der Waals surface area contributed by atoms with Crippen molar-refractivity contribution in [2.24, 2.45) is 0 Å². The maximum Gasteiger partial charge on any atom is 0.302 e. The molecular formula is C28H23F2N3O5. The van der Waals surface area contributed by atoms with Crippen LogP contribution in [0.25, 0.3) is 16.8 Å². The largest absolute Gasteiger partial charge is 0.507 e. The van der Waals surface area contributed by atoms with Gasteiger partial charge in [0, 0.05) is 17.7 Å². The van der Waals surface area contributed by atoms with Gasteiger partial charge in [0.25, 0.3) is 5.78 Å². The molecule has 0 spiro atoms. The predicted molar refractivity (Wildman–Crippen MR) is 136 cm³/mol. The van der Waals surface area contributed by atoms with Gasteiger partial charge in [0.15, 0.2) is 11.6 Å². The Balaban J connectivity index is 1.70. The highest BCUT2D eigenvalue weighted by Crippen LogP contribution is 2.42. The number of methoxy groups -OCH3 is 1. The summed E-state index contributed by atoms with van der Waals surface area (Å²) in [5.74, 6) is -3.70. The number of aliphatic hydroxyl groups is 1. The lowest BCUT2D eigenvalue weighted by Crippen LogP contribution is -2.30. The van der Waals surface area contributed by atoms with Crippen LogP contribution in [0.1, 0.15) is 30.5 Å². The highest BCUT2D eigenvalue weighted by Gasteiger charge is 2.48. The molecule has 2 heterocycles. The molecule has 1 aromatic heterocycles. The number of anilines is 1. The van der Waals surface area contributed by atoms with Crippen LogP contribution >= 0.6 is 0 Å². The lowest BCUT2D eigenvalue weighted by atomic mass is 9.95. The van der Waals surface area contributed by atoms with Crippen molar-refractivity contribution in [1.29, 1.82) is 0 Å². The Kier molecular flexibility index (Phi) is 6.54. The Morgan fingerprint density at radius 3 is 2.55 bits per heavy atom. The van der Waals surface area contributed by atoms with E-state index in [1.165, 1.54) is 7.11 Å². The number of fused-ring (bicyclic) bond motifs is 1. The van der Waals surface area contributed by atoms with Gasteiger partial charge in [-0.3, -0.25) is 14.5 Å². The van der Waals surface area contributed by atoms with Gasteiger partial charge < -0.3 is 19.6 Å². The van der Waals surface area contributed by atoms with Crippen LogP contribution in [0.4, 0.5) is 14.7 Å². The van der Waals surface area contributed by atoms with Gasteiger partial charge in [-0.15, -0.1) is 0 Å². The topological polar surface area (TPSA) is 105 Å². The summed E-state index contributed by atoms with van der Waals surface area (Å²) in [6.45, 7) is 2.42. The minimum Gasteiger partial charge on any atom is -0.507 e. The van der Waals surface area contributed by atoms with E-state index in [1.807, 2.05) is 6.92 Å². The molecular weight excluding hydrogens is 496 g/mol. The van der Waals surface area contributed by atoms with E-state index in [4.69, 9.17) is 9.47 Å². The summed E-state index contributed by atoms with van der Waals surface area (Å²) >= 11 is 0. The summed E-state index contributed by atoms with van der Waals surface area (Å²) in [7, 11) is 1.47. The monoisotopic (exact) mass is 519 g/mol. The van der Waals surface area contributed by atoms with Crippen LogP contribution in [0.3, 0.4) is 0 Å². The molecule has 38 heavy (non-hydrogen) atoms. The summed E-state index contributed by atoms with van der Waals surface area (Å²) in [5.41, 5.74) is 0.727. The first kappa shape index (κ1) is 24.9. The van der Waals surface area contributed by atoms with Crippen molar-refractivity contribution in [3.8, 4) is 11.5 Å². The Hall–Kier alpha value is -4.73. The van der Waals surface area contributed by atoms with Crippen LogP contribution < -0.4 is 14.4 Å². The van der Waals surface area contributed by atoms with Gasteiger partial charge in [0.2, 0.25) is 5.95 Å². The van der Waals surface area contributed by atoms with Crippen LogP contribution in [-0.4, -0.2) is 40.5 Å². The number of rotatable bonds is 7. The van der Waals surface area contributed by atoms with Crippen molar-refractivity contribution in [3.05, 3.63) is 89.0 Å². The number of Topliss-reactive ketones (excluding diaryl/α,β-unsaturated/α-hetero) is 1. The second kappa shape index (κ2) is 9.97. The molecule has 1 atom stereocenters. The third-order valence-corrected chi connectivity index (χ3v) is 6.17. The molecule has 0 radical (unpaired) electrons. The van der Waals surface area contributed by atoms with Gasteiger partial charge in [-0.25, -0.2) is 13.8 Å². The van der Waals surface area contributed by atoms with Crippen molar-refractivity contribution in [2.45, 2.75) is 19.4 Å². The lowest BCUT2D eigenvalue weighted by molar-refractivity contribution is -0.132. The number of carbonyl (C=O) groups is 2. The van der Waals surface area contributed by atoms with Crippen molar-refractivity contribution < 1.29 is 33.0 Å². The second-order valence-corrected chi connectivity index (χ2v) is 8.67. The van der Waals surface area contributed by atoms with Gasteiger partial charge in [-0.2, -0.15) is 0 Å². The Bertz CT molecular complexity index is 1560. The standard InChI is InChI=1S/C28H23F2N3O5/c1-3-10-38-18-9-5-7-16(12-18)25(34)23-24(15-6-4-8-17(11-15)37-2)33(27(36)26(23)35)28-31-21-13-19(29)20(30)14-22(21)32-28/h4-9,11-14,24,34H,3,10H2,1-2H3,(H,31,32)/b25-23+. The molecule has 0 saturated carbocycles. The molecule has 1 aliphatic rings. The number of aliphatic hydroxyl groups excluding tert-OH is 1. The number of carbonyl (C=O) groups excluding carboxylic acids is 2. The Labute approximate surface area is 216 Å². The molecule has 3 aromatic carbocycles. The highest BCUT2D eigenvalue weighted by atomic mass is 19.2. The number of halogens is 2. The summed E-state index contributed by atoms with van der Waals surface area (Å²) in [6.07, 6.45) is 0.780. The fraction of sp³-hybridized carbons (Fsp3) is 0.179. The summed E-state index contributed by atoms with van der Waals surface area (Å²) in [4.78, 5) is 34.9. The smallest absolute Gasteiger partial charge is 0.302 e. The zero-order chi connectivity index (χ0) is 27.0. The normalized spacial score (nSPS) is 16.8. The molecule has 194 valence electrons. The van der Waals surface area contributed by atoms with Crippen molar-refractivity contribution in [2.75, 3.05) is 18.6 Å². The molecule has 1 unspecified atom stereocenters.